The molecule has 19 heavy (non-hydrogen) atoms. The van der Waals surface area contributed by atoms with E-state index in [0.717, 1.165) is 25.7 Å². The molecule has 1 aliphatic rings. The van der Waals surface area contributed by atoms with Crippen LogP contribution in [-0.4, -0.2) is 17.6 Å². The third-order valence-electron chi connectivity index (χ3n) is 3.55. The molecule has 0 spiro atoms. The van der Waals surface area contributed by atoms with Crippen LogP contribution in [0.15, 0.2) is 18.2 Å². The number of nitrogens with two attached hydrogens (primary N) is 1. The highest BCUT2D eigenvalue weighted by Gasteiger charge is 2.29. The fourth-order valence-corrected chi connectivity index (χ4v) is 2.76. The molecule has 1 aromatic rings. The third kappa shape index (κ3) is 3.16. The van der Waals surface area contributed by atoms with E-state index in [9.17, 15) is 10.1 Å². The molecule has 2 atom stereocenters. The highest BCUT2D eigenvalue weighted by Crippen LogP contribution is 2.37. The highest BCUT2D eigenvalue weighted by atomic mass is 35.5. The SMILES string of the molecule is NCC1CCCCC1Oc1cccc(Cl)c1[N+](=O)[O-]. The molecule has 0 aliphatic heterocycles. The predicted octanol–water partition coefficient (Wildman–Crippen LogP) is 3.14. The van der Waals surface area contributed by atoms with Crippen LogP contribution in [0.3, 0.4) is 0 Å². The van der Waals surface area contributed by atoms with Crippen LogP contribution in [0.4, 0.5) is 5.69 Å². The van der Waals surface area contributed by atoms with Crippen molar-refractivity contribution in [3.63, 3.8) is 0 Å². The molecule has 1 fully saturated rings. The van der Waals surface area contributed by atoms with E-state index in [1.165, 1.54) is 6.07 Å². The Balaban J connectivity index is 2.22. The van der Waals surface area contributed by atoms with Crippen molar-refractivity contribution in [3.8, 4) is 5.75 Å². The zero-order valence-electron chi connectivity index (χ0n) is 10.5. The summed E-state index contributed by atoms with van der Waals surface area (Å²) in [5, 5.41) is 11.2. The van der Waals surface area contributed by atoms with Gasteiger partial charge in [0.15, 0.2) is 5.75 Å². The predicted molar refractivity (Wildman–Crippen MR) is 73.5 cm³/mol. The Morgan fingerprint density at radius 1 is 1.42 bits per heavy atom. The van der Waals surface area contributed by atoms with Gasteiger partial charge in [-0.3, -0.25) is 10.1 Å². The molecule has 1 saturated carbocycles. The molecule has 0 aromatic heterocycles. The van der Waals surface area contributed by atoms with Crippen LogP contribution >= 0.6 is 11.6 Å². The van der Waals surface area contributed by atoms with Gasteiger partial charge >= 0.3 is 5.69 Å². The smallest absolute Gasteiger partial charge is 0.329 e. The highest BCUT2D eigenvalue weighted by molar-refractivity contribution is 6.32. The number of para-hydroxylation sites is 1. The van der Waals surface area contributed by atoms with Gasteiger partial charge < -0.3 is 10.5 Å². The van der Waals surface area contributed by atoms with E-state index in [4.69, 9.17) is 22.1 Å². The Bertz CT molecular complexity index is 467. The van der Waals surface area contributed by atoms with E-state index >= 15 is 0 Å². The van der Waals surface area contributed by atoms with Gasteiger partial charge in [0.1, 0.15) is 11.1 Å². The van der Waals surface area contributed by atoms with Crippen molar-refractivity contribution in [1.29, 1.82) is 0 Å². The fourth-order valence-electron chi connectivity index (χ4n) is 2.53. The fraction of sp³-hybridized carbons (Fsp3) is 0.538. The minimum atomic E-state index is -0.502. The minimum absolute atomic E-state index is 0.0593. The number of benzene rings is 1. The van der Waals surface area contributed by atoms with Crippen molar-refractivity contribution in [3.05, 3.63) is 33.3 Å². The van der Waals surface area contributed by atoms with Gasteiger partial charge in [0.25, 0.3) is 0 Å². The number of halogens is 1. The first kappa shape index (κ1) is 14.1. The maximum Gasteiger partial charge on any atom is 0.329 e. The van der Waals surface area contributed by atoms with Crippen LogP contribution in [-0.2, 0) is 0 Å². The third-order valence-corrected chi connectivity index (χ3v) is 3.86. The molecule has 2 rings (SSSR count). The average Bonchev–Trinajstić information content (AvgIpc) is 2.39. The largest absolute Gasteiger partial charge is 0.483 e. The number of ether oxygens (including phenoxy) is 1. The van der Waals surface area contributed by atoms with E-state index in [2.05, 4.69) is 0 Å². The first-order valence-electron chi connectivity index (χ1n) is 6.43. The van der Waals surface area contributed by atoms with Gasteiger partial charge in [-0.15, -0.1) is 0 Å². The van der Waals surface area contributed by atoms with E-state index in [1.807, 2.05) is 0 Å². The van der Waals surface area contributed by atoms with Crippen molar-refractivity contribution >= 4 is 17.3 Å². The van der Waals surface area contributed by atoms with Crippen LogP contribution in [0.2, 0.25) is 5.02 Å². The van der Waals surface area contributed by atoms with Crippen LogP contribution in [0.5, 0.6) is 5.75 Å². The van der Waals surface area contributed by atoms with Gasteiger partial charge in [0, 0.05) is 5.92 Å². The van der Waals surface area contributed by atoms with Gasteiger partial charge in [-0.2, -0.15) is 0 Å². The lowest BCUT2D eigenvalue weighted by Crippen LogP contribution is -2.35. The Hall–Kier alpha value is -1.33. The topological polar surface area (TPSA) is 78.4 Å². The maximum absolute atomic E-state index is 11.1. The Morgan fingerprint density at radius 3 is 2.84 bits per heavy atom. The van der Waals surface area contributed by atoms with Crippen LogP contribution in [0.25, 0.3) is 0 Å². The first-order chi connectivity index (χ1) is 9.13. The molecule has 6 heteroatoms. The summed E-state index contributed by atoms with van der Waals surface area (Å²) < 4.78 is 5.83. The van der Waals surface area contributed by atoms with Crippen LogP contribution < -0.4 is 10.5 Å². The number of hydrogen-bond acceptors (Lipinski definition) is 4. The molecule has 0 amide bonds. The second-order valence-corrected chi connectivity index (χ2v) is 5.19. The van der Waals surface area contributed by atoms with Crippen molar-refractivity contribution in [2.45, 2.75) is 31.8 Å². The monoisotopic (exact) mass is 284 g/mol. The van der Waals surface area contributed by atoms with E-state index in [-0.39, 0.29) is 28.5 Å². The molecule has 2 N–H and O–H groups in total. The lowest BCUT2D eigenvalue weighted by atomic mass is 9.86. The van der Waals surface area contributed by atoms with Gasteiger partial charge in [-0.25, -0.2) is 0 Å². The maximum atomic E-state index is 11.1. The standard InChI is InChI=1S/C13H17ClN2O3/c14-10-5-3-7-12(13(10)16(17)18)19-11-6-2-1-4-9(11)8-15/h3,5,7,9,11H,1-2,4,6,8,15H2. The molecule has 1 aliphatic carbocycles. The zero-order valence-corrected chi connectivity index (χ0v) is 11.3. The Morgan fingerprint density at radius 2 is 2.16 bits per heavy atom. The van der Waals surface area contributed by atoms with Crippen molar-refractivity contribution in [2.24, 2.45) is 11.7 Å². The summed E-state index contributed by atoms with van der Waals surface area (Å²) in [5.74, 6) is 0.496. The summed E-state index contributed by atoms with van der Waals surface area (Å²) in [6.45, 7) is 0.541. The lowest BCUT2D eigenvalue weighted by molar-refractivity contribution is -0.386. The summed E-state index contributed by atoms with van der Waals surface area (Å²) in [4.78, 5) is 10.5. The molecule has 1 aromatic carbocycles. The normalized spacial score (nSPS) is 23.1. The van der Waals surface area contributed by atoms with Gasteiger partial charge in [0.2, 0.25) is 0 Å². The van der Waals surface area contributed by atoms with Crippen LogP contribution in [0, 0.1) is 16.0 Å². The van der Waals surface area contributed by atoms with Crippen molar-refractivity contribution in [2.75, 3.05) is 6.54 Å². The molecular weight excluding hydrogens is 268 g/mol. The number of hydrogen-bond donors (Lipinski definition) is 1. The molecule has 0 saturated heterocycles. The number of nitrogens with zero attached hydrogens (tertiary/aromatic N) is 1. The van der Waals surface area contributed by atoms with E-state index in [1.54, 1.807) is 12.1 Å². The average molecular weight is 285 g/mol. The summed E-state index contributed by atoms with van der Waals surface area (Å²) in [5.41, 5.74) is 5.57. The zero-order chi connectivity index (χ0) is 13.8. The quantitative estimate of drug-likeness (QED) is 0.680. The number of nitro benzene ring substituents is 1. The number of nitro groups is 1. The second kappa shape index (κ2) is 6.21. The molecule has 0 radical (unpaired) electrons. The number of rotatable bonds is 4. The Kier molecular flexibility index (Phi) is 4.61. The first-order valence-corrected chi connectivity index (χ1v) is 6.81. The molecule has 2 unspecified atom stereocenters. The summed E-state index contributed by atoms with van der Waals surface area (Å²) in [6.07, 6.45) is 4.03. The van der Waals surface area contributed by atoms with Crippen LogP contribution in [0.1, 0.15) is 25.7 Å². The molecule has 0 heterocycles. The summed E-state index contributed by atoms with van der Waals surface area (Å²) >= 11 is 5.87. The molecule has 5 nitrogen and oxygen atoms in total. The molecular formula is C13H17ClN2O3. The summed E-state index contributed by atoms with van der Waals surface area (Å²) in [6, 6.07) is 4.74. The molecule has 104 valence electrons. The summed E-state index contributed by atoms with van der Waals surface area (Å²) in [7, 11) is 0. The van der Waals surface area contributed by atoms with E-state index in [0.29, 0.717) is 6.54 Å². The minimum Gasteiger partial charge on any atom is -0.483 e. The van der Waals surface area contributed by atoms with E-state index < -0.39 is 4.92 Å². The van der Waals surface area contributed by atoms with Crippen molar-refractivity contribution < 1.29 is 9.66 Å². The van der Waals surface area contributed by atoms with Gasteiger partial charge in [-0.05, 0) is 37.9 Å². The Labute approximate surface area is 116 Å². The van der Waals surface area contributed by atoms with Crippen molar-refractivity contribution in [1.82, 2.24) is 0 Å². The van der Waals surface area contributed by atoms with Gasteiger partial charge in [0.05, 0.1) is 4.92 Å². The molecule has 0 bridgehead atoms. The van der Waals surface area contributed by atoms with Gasteiger partial charge in [-0.1, -0.05) is 24.1 Å². The lowest BCUT2D eigenvalue weighted by Gasteiger charge is -2.30. The second-order valence-electron chi connectivity index (χ2n) is 4.78.